The highest BCUT2D eigenvalue weighted by atomic mass is 35.5. The van der Waals surface area contributed by atoms with Crippen LogP contribution < -0.4 is 5.32 Å². The lowest BCUT2D eigenvalue weighted by Gasteiger charge is -2.05. The van der Waals surface area contributed by atoms with Gasteiger partial charge in [-0.25, -0.2) is 4.98 Å². The molecule has 0 aliphatic heterocycles. The van der Waals surface area contributed by atoms with E-state index in [-0.39, 0.29) is 11.7 Å². The molecule has 0 bridgehead atoms. The van der Waals surface area contributed by atoms with Gasteiger partial charge >= 0.3 is 0 Å². The zero-order valence-electron chi connectivity index (χ0n) is 16.5. The molecule has 7 nitrogen and oxygen atoms in total. The molecule has 1 heterocycles. The standard InChI is InChI=1S/C11H8Cl3N3O.C7H7ClO.2CH2O/c1-15-11(18)9-4-17(5-16-9)6-2-7(12)10(14)8(13)3-6;1-5-6(8)3-2-4-7(5)9;2*1-2/h2-5H,1H3,(H,15,18);2-4,9H,1H3;2*1H2. The van der Waals surface area contributed by atoms with Gasteiger partial charge < -0.3 is 24.6 Å². The fraction of sp³-hybridized carbons (Fsp3) is 0.100. The summed E-state index contributed by atoms with van der Waals surface area (Å²) in [6, 6.07) is 8.36. The van der Waals surface area contributed by atoms with Gasteiger partial charge in [-0.05, 0) is 31.2 Å². The quantitative estimate of drug-likeness (QED) is 0.466. The average molecular weight is 507 g/mol. The Hall–Kier alpha value is -2.58. The van der Waals surface area contributed by atoms with Crippen molar-refractivity contribution in [2.75, 3.05) is 7.05 Å². The predicted molar refractivity (Wildman–Crippen MR) is 124 cm³/mol. The van der Waals surface area contributed by atoms with Crippen LogP contribution in [0.4, 0.5) is 0 Å². The smallest absolute Gasteiger partial charge is 0.271 e. The Labute approximate surface area is 199 Å². The molecule has 2 N–H and O–H groups in total. The van der Waals surface area contributed by atoms with Gasteiger partial charge in [-0.3, -0.25) is 4.79 Å². The van der Waals surface area contributed by atoms with E-state index < -0.39 is 0 Å². The van der Waals surface area contributed by atoms with Gasteiger partial charge in [0.15, 0.2) is 0 Å². The van der Waals surface area contributed by atoms with Crippen molar-refractivity contribution in [3.05, 3.63) is 74.2 Å². The Kier molecular flexibility index (Phi) is 13.2. The van der Waals surface area contributed by atoms with E-state index in [1.807, 2.05) is 13.6 Å². The lowest BCUT2D eigenvalue weighted by Crippen LogP contribution is -2.17. The van der Waals surface area contributed by atoms with Crippen molar-refractivity contribution >= 4 is 65.9 Å². The van der Waals surface area contributed by atoms with Crippen molar-refractivity contribution in [1.29, 1.82) is 0 Å². The highest BCUT2D eigenvalue weighted by Gasteiger charge is 2.10. The number of nitrogens with zero attached hydrogens (tertiary/aromatic N) is 2. The normalized spacial score (nSPS) is 9.10. The summed E-state index contributed by atoms with van der Waals surface area (Å²) in [5, 5.41) is 13.1. The summed E-state index contributed by atoms with van der Waals surface area (Å²) in [6.07, 6.45) is 3.08. The molecule has 1 amide bonds. The number of halogens is 4. The minimum Gasteiger partial charge on any atom is -0.508 e. The number of benzene rings is 2. The third kappa shape index (κ3) is 8.22. The number of phenols is 1. The zero-order chi connectivity index (χ0) is 24.1. The first-order valence-corrected chi connectivity index (χ1v) is 9.68. The highest BCUT2D eigenvalue weighted by molar-refractivity contribution is 6.48. The zero-order valence-corrected chi connectivity index (χ0v) is 19.6. The van der Waals surface area contributed by atoms with Gasteiger partial charge in [-0.2, -0.15) is 0 Å². The van der Waals surface area contributed by atoms with Crippen molar-refractivity contribution < 1.29 is 19.5 Å². The Bertz CT molecular complexity index is 967. The first-order chi connectivity index (χ1) is 14.7. The highest BCUT2D eigenvalue weighted by Crippen LogP contribution is 2.32. The second-order valence-electron chi connectivity index (χ2n) is 5.35. The van der Waals surface area contributed by atoms with E-state index in [0.717, 1.165) is 5.56 Å². The largest absolute Gasteiger partial charge is 0.508 e. The van der Waals surface area contributed by atoms with Gasteiger partial charge in [0.1, 0.15) is 31.3 Å². The number of hydrogen-bond acceptors (Lipinski definition) is 5. The topological polar surface area (TPSA) is 101 Å². The van der Waals surface area contributed by atoms with Crippen LogP contribution in [0.3, 0.4) is 0 Å². The van der Waals surface area contributed by atoms with Crippen molar-refractivity contribution in [1.82, 2.24) is 14.9 Å². The van der Waals surface area contributed by atoms with Gasteiger partial charge in [0.2, 0.25) is 0 Å². The molecule has 0 radical (unpaired) electrons. The van der Waals surface area contributed by atoms with Crippen molar-refractivity contribution in [3.63, 3.8) is 0 Å². The molecule has 3 rings (SSSR count). The minimum absolute atomic E-state index is 0.252. The summed E-state index contributed by atoms with van der Waals surface area (Å²) in [4.78, 5) is 31.4. The van der Waals surface area contributed by atoms with E-state index in [1.54, 1.807) is 48.0 Å². The Morgan fingerprint density at radius 3 is 2.03 bits per heavy atom. The van der Waals surface area contributed by atoms with Gasteiger partial charge in [-0.1, -0.05) is 52.5 Å². The van der Waals surface area contributed by atoms with E-state index in [1.165, 1.54) is 13.4 Å². The van der Waals surface area contributed by atoms with Crippen molar-refractivity contribution in [2.24, 2.45) is 0 Å². The number of aromatic nitrogens is 2. The number of hydrogen-bond donors (Lipinski definition) is 2. The molecule has 0 spiro atoms. The van der Waals surface area contributed by atoms with Gasteiger partial charge in [-0.15, -0.1) is 0 Å². The maximum absolute atomic E-state index is 11.4. The van der Waals surface area contributed by atoms with Crippen LogP contribution in [0.2, 0.25) is 20.1 Å². The molecule has 0 unspecified atom stereocenters. The van der Waals surface area contributed by atoms with Gasteiger partial charge in [0, 0.05) is 29.5 Å². The van der Waals surface area contributed by atoms with E-state index >= 15 is 0 Å². The summed E-state index contributed by atoms with van der Waals surface area (Å²) < 4.78 is 1.64. The van der Waals surface area contributed by atoms with E-state index in [2.05, 4.69) is 10.3 Å². The molecule has 166 valence electrons. The molecule has 0 aliphatic carbocycles. The van der Waals surface area contributed by atoms with E-state index in [9.17, 15) is 4.79 Å². The predicted octanol–water partition coefficient (Wildman–Crippen LogP) is 5.18. The van der Waals surface area contributed by atoms with Crippen LogP contribution in [-0.4, -0.2) is 41.2 Å². The number of nitrogens with one attached hydrogen (secondary N) is 1. The monoisotopic (exact) mass is 505 g/mol. The van der Waals surface area contributed by atoms with Crippen LogP contribution >= 0.6 is 46.4 Å². The lowest BCUT2D eigenvalue weighted by atomic mass is 10.2. The maximum Gasteiger partial charge on any atom is 0.271 e. The molecule has 11 heteroatoms. The van der Waals surface area contributed by atoms with Crippen LogP contribution in [0.5, 0.6) is 5.75 Å². The Morgan fingerprint density at radius 2 is 1.58 bits per heavy atom. The summed E-state index contributed by atoms with van der Waals surface area (Å²) in [5.41, 5.74) is 1.72. The average Bonchev–Trinajstić information content (AvgIpc) is 3.28. The number of imidazole rings is 1. The number of rotatable bonds is 2. The minimum atomic E-state index is -0.264. The molecule has 0 saturated carbocycles. The number of aromatic hydroxyl groups is 1. The molecule has 0 atom stereocenters. The molecule has 2 aromatic carbocycles. The second-order valence-corrected chi connectivity index (χ2v) is 6.95. The Morgan fingerprint density at radius 1 is 1.03 bits per heavy atom. The molecular formula is C20H19Cl4N3O4. The van der Waals surface area contributed by atoms with Crippen molar-refractivity contribution in [3.8, 4) is 11.4 Å². The Balaban J connectivity index is 0.000000582. The molecule has 0 fully saturated rings. The number of carbonyl (C=O) groups excluding carboxylic acids is 3. The second kappa shape index (κ2) is 14.4. The van der Waals surface area contributed by atoms with Gasteiger partial charge in [0.05, 0.1) is 15.1 Å². The number of phenolic OH excluding ortho intramolecular Hbond substituents is 1. The van der Waals surface area contributed by atoms with Crippen LogP contribution in [0.15, 0.2) is 42.9 Å². The lowest BCUT2D eigenvalue weighted by molar-refractivity contribution is -0.0987. The maximum atomic E-state index is 11.4. The van der Waals surface area contributed by atoms with Crippen LogP contribution in [-0.2, 0) is 9.59 Å². The van der Waals surface area contributed by atoms with Crippen LogP contribution in [0.1, 0.15) is 16.1 Å². The third-order valence-corrected chi connectivity index (χ3v) is 5.15. The van der Waals surface area contributed by atoms with Gasteiger partial charge in [0.25, 0.3) is 5.91 Å². The summed E-state index contributed by atoms with van der Waals surface area (Å²) in [5.74, 6) is -0.0117. The summed E-state index contributed by atoms with van der Waals surface area (Å²) >= 11 is 23.4. The number of amides is 1. The SMILES string of the molecule is C=O.C=O.CNC(=O)c1cn(-c2cc(Cl)c(Cl)c(Cl)c2)cn1.Cc1c(O)cccc1Cl. The third-order valence-electron chi connectivity index (χ3n) is 3.55. The molecule has 3 aromatic rings. The summed E-state index contributed by atoms with van der Waals surface area (Å²) in [6.45, 7) is 5.78. The summed E-state index contributed by atoms with van der Waals surface area (Å²) in [7, 11) is 1.54. The van der Waals surface area contributed by atoms with E-state index in [0.29, 0.717) is 31.5 Å². The molecule has 1 aromatic heterocycles. The number of carbonyl (C=O) groups is 3. The first-order valence-electron chi connectivity index (χ1n) is 8.17. The molecule has 0 saturated heterocycles. The molecule has 0 aliphatic rings. The molecule has 31 heavy (non-hydrogen) atoms. The van der Waals surface area contributed by atoms with Crippen LogP contribution in [0.25, 0.3) is 5.69 Å². The van der Waals surface area contributed by atoms with E-state index in [4.69, 9.17) is 61.1 Å². The fourth-order valence-corrected chi connectivity index (χ4v) is 2.75. The first kappa shape index (κ1) is 28.4. The fourth-order valence-electron chi connectivity index (χ4n) is 2.00. The molecular weight excluding hydrogens is 488 g/mol. The van der Waals surface area contributed by atoms with Crippen LogP contribution in [0, 0.1) is 6.92 Å². The van der Waals surface area contributed by atoms with Crippen molar-refractivity contribution in [2.45, 2.75) is 6.92 Å².